The van der Waals surface area contributed by atoms with E-state index < -0.39 is 0 Å². The Morgan fingerprint density at radius 1 is 1.15 bits per heavy atom. The Morgan fingerprint density at radius 2 is 2.00 bits per heavy atom. The fourth-order valence-electron chi connectivity index (χ4n) is 1.92. The average Bonchev–Trinajstić information content (AvgIpc) is 2.50. The number of hydrogen-bond donors (Lipinski definition) is 1. The number of ether oxygens (including phenoxy) is 1. The lowest BCUT2D eigenvalue weighted by Crippen LogP contribution is -2.21. The maximum atomic E-state index is 5.80. The van der Waals surface area contributed by atoms with Crippen LogP contribution in [0.1, 0.15) is 11.3 Å². The van der Waals surface area contributed by atoms with Gasteiger partial charge >= 0.3 is 0 Å². The van der Waals surface area contributed by atoms with E-state index in [2.05, 4.69) is 22.9 Å². The van der Waals surface area contributed by atoms with Crippen molar-refractivity contribution in [2.45, 2.75) is 13.0 Å². The molecule has 0 atom stereocenters. The van der Waals surface area contributed by atoms with Crippen LogP contribution in [-0.2, 0) is 13.0 Å². The molecule has 2 aromatic rings. The van der Waals surface area contributed by atoms with Crippen LogP contribution in [0.5, 0.6) is 5.75 Å². The topological polar surface area (TPSA) is 34.1 Å². The first-order valence-corrected chi connectivity index (χ1v) is 6.82. The minimum absolute atomic E-state index is 0.640. The van der Waals surface area contributed by atoms with Gasteiger partial charge in [-0.1, -0.05) is 30.3 Å². The molecule has 1 aromatic heterocycles. The highest BCUT2D eigenvalue weighted by Gasteiger charge is 2.00. The maximum absolute atomic E-state index is 5.80. The molecule has 1 aromatic carbocycles. The van der Waals surface area contributed by atoms with E-state index in [4.69, 9.17) is 4.74 Å². The van der Waals surface area contributed by atoms with Gasteiger partial charge in [-0.3, -0.25) is 4.98 Å². The molecule has 0 aliphatic rings. The summed E-state index contributed by atoms with van der Waals surface area (Å²) >= 11 is 0. The van der Waals surface area contributed by atoms with E-state index in [1.54, 1.807) is 6.20 Å². The molecule has 3 heteroatoms. The molecule has 0 spiro atoms. The minimum Gasteiger partial charge on any atom is -0.492 e. The molecule has 104 valence electrons. The number of para-hydroxylation sites is 1. The molecule has 0 saturated heterocycles. The van der Waals surface area contributed by atoms with Gasteiger partial charge in [0.2, 0.25) is 0 Å². The highest BCUT2D eigenvalue weighted by Crippen LogP contribution is 2.18. The van der Waals surface area contributed by atoms with Crippen LogP contribution in [0.25, 0.3) is 0 Å². The number of pyridine rings is 1. The highest BCUT2D eigenvalue weighted by molar-refractivity contribution is 5.34. The fourth-order valence-corrected chi connectivity index (χ4v) is 1.92. The van der Waals surface area contributed by atoms with Crippen LogP contribution in [0.15, 0.2) is 61.3 Å². The Morgan fingerprint density at radius 3 is 2.80 bits per heavy atom. The Labute approximate surface area is 120 Å². The van der Waals surface area contributed by atoms with E-state index >= 15 is 0 Å². The van der Waals surface area contributed by atoms with Crippen LogP contribution in [0.3, 0.4) is 0 Å². The van der Waals surface area contributed by atoms with Gasteiger partial charge in [-0.25, -0.2) is 0 Å². The second-order valence-electron chi connectivity index (χ2n) is 4.45. The monoisotopic (exact) mass is 268 g/mol. The number of aromatic nitrogens is 1. The predicted octanol–water partition coefficient (Wildman–Crippen LogP) is 2.98. The van der Waals surface area contributed by atoms with Crippen LogP contribution in [0, 0.1) is 0 Å². The summed E-state index contributed by atoms with van der Waals surface area (Å²) in [5.74, 6) is 0.937. The van der Waals surface area contributed by atoms with Gasteiger partial charge in [0.25, 0.3) is 0 Å². The second kappa shape index (κ2) is 8.12. The first kappa shape index (κ1) is 14.3. The highest BCUT2D eigenvalue weighted by atomic mass is 16.5. The molecule has 1 N–H and O–H groups in total. The summed E-state index contributed by atoms with van der Waals surface area (Å²) in [6.45, 7) is 5.96. The van der Waals surface area contributed by atoms with E-state index in [-0.39, 0.29) is 0 Å². The summed E-state index contributed by atoms with van der Waals surface area (Å²) in [5.41, 5.74) is 2.21. The van der Waals surface area contributed by atoms with Crippen LogP contribution in [0.4, 0.5) is 0 Å². The fraction of sp³-hybridized carbons (Fsp3) is 0.235. The summed E-state index contributed by atoms with van der Waals surface area (Å²) in [7, 11) is 0. The van der Waals surface area contributed by atoms with Crippen molar-refractivity contribution in [1.29, 1.82) is 0 Å². The molecular weight excluding hydrogens is 248 g/mol. The molecule has 0 fully saturated rings. The number of nitrogens with one attached hydrogen (secondary N) is 1. The zero-order valence-electron chi connectivity index (χ0n) is 11.6. The van der Waals surface area contributed by atoms with Crippen LogP contribution < -0.4 is 10.1 Å². The molecule has 0 bridgehead atoms. The SMILES string of the molecule is C=CCc1ccccc1OCCNCc1ccccn1. The smallest absolute Gasteiger partial charge is 0.122 e. The Kier molecular flexibility index (Phi) is 5.80. The normalized spacial score (nSPS) is 10.2. The van der Waals surface area contributed by atoms with Crippen LogP contribution in [0.2, 0.25) is 0 Å². The molecule has 0 aliphatic carbocycles. The number of hydrogen-bond acceptors (Lipinski definition) is 3. The lowest BCUT2D eigenvalue weighted by atomic mass is 10.1. The zero-order chi connectivity index (χ0) is 14.0. The lowest BCUT2D eigenvalue weighted by Gasteiger charge is -2.10. The third-order valence-corrected chi connectivity index (χ3v) is 2.91. The standard InChI is InChI=1S/C17H20N2O/c1-2-7-15-8-3-4-10-17(15)20-13-12-18-14-16-9-5-6-11-19-16/h2-6,8-11,18H,1,7,12-14H2. The zero-order valence-corrected chi connectivity index (χ0v) is 11.6. The van der Waals surface area contributed by atoms with Crippen molar-refractivity contribution in [1.82, 2.24) is 10.3 Å². The van der Waals surface area contributed by atoms with E-state index in [0.717, 1.165) is 31.0 Å². The van der Waals surface area contributed by atoms with Gasteiger partial charge in [-0.05, 0) is 30.2 Å². The first-order valence-electron chi connectivity index (χ1n) is 6.82. The molecule has 0 aliphatic heterocycles. The number of nitrogens with zero attached hydrogens (tertiary/aromatic N) is 1. The van der Waals surface area contributed by atoms with E-state index in [9.17, 15) is 0 Å². The van der Waals surface area contributed by atoms with Crippen molar-refractivity contribution in [2.24, 2.45) is 0 Å². The first-order chi connectivity index (χ1) is 9.90. The summed E-state index contributed by atoms with van der Waals surface area (Å²) in [4.78, 5) is 4.26. The third kappa shape index (κ3) is 4.52. The van der Waals surface area contributed by atoms with Crippen molar-refractivity contribution in [3.8, 4) is 5.75 Å². The summed E-state index contributed by atoms with van der Waals surface area (Å²) in [6.07, 6.45) is 4.53. The molecule has 0 saturated carbocycles. The molecule has 0 amide bonds. The van der Waals surface area contributed by atoms with Crippen molar-refractivity contribution in [3.63, 3.8) is 0 Å². The number of rotatable bonds is 8. The maximum Gasteiger partial charge on any atom is 0.122 e. The van der Waals surface area contributed by atoms with Crippen molar-refractivity contribution in [3.05, 3.63) is 72.6 Å². The lowest BCUT2D eigenvalue weighted by molar-refractivity contribution is 0.311. The predicted molar refractivity (Wildman–Crippen MR) is 81.8 cm³/mol. The van der Waals surface area contributed by atoms with Gasteiger partial charge in [0.05, 0.1) is 5.69 Å². The second-order valence-corrected chi connectivity index (χ2v) is 4.45. The van der Waals surface area contributed by atoms with E-state index in [1.165, 1.54) is 5.56 Å². The summed E-state index contributed by atoms with van der Waals surface area (Å²) in [6, 6.07) is 14.0. The molecular formula is C17H20N2O. The molecule has 0 unspecified atom stereocenters. The summed E-state index contributed by atoms with van der Waals surface area (Å²) in [5, 5.41) is 3.32. The van der Waals surface area contributed by atoms with E-state index in [1.807, 2.05) is 42.5 Å². The molecule has 0 radical (unpaired) electrons. The van der Waals surface area contributed by atoms with Gasteiger partial charge in [-0.15, -0.1) is 6.58 Å². The van der Waals surface area contributed by atoms with Crippen molar-refractivity contribution in [2.75, 3.05) is 13.2 Å². The van der Waals surface area contributed by atoms with E-state index in [0.29, 0.717) is 6.61 Å². The van der Waals surface area contributed by atoms with Crippen LogP contribution in [-0.4, -0.2) is 18.1 Å². The van der Waals surface area contributed by atoms with Gasteiger partial charge < -0.3 is 10.1 Å². The molecule has 20 heavy (non-hydrogen) atoms. The Balaban J connectivity index is 1.72. The van der Waals surface area contributed by atoms with Crippen molar-refractivity contribution < 1.29 is 4.74 Å². The van der Waals surface area contributed by atoms with Gasteiger partial charge in [0, 0.05) is 19.3 Å². The number of allylic oxidation sites excluding steroid dienone is 1. The largest absolute Gasteiger partial charge is 0.492 e. The minimum atomic E-state index is 0.640. The van der Waals surface area contributed by atoms with Crippen LogP contribution >= 0.6 is 0 Å². The summed E-state index contributed by atoms with van der Waals surface area (Å²) < 4.78 is 5.80. The van der Waals surface area contributed by atoms with Crippen molar-refractivity contribution >= 4 is 0 Å². The molecule has 2 rings (SSSR count). The third-order valence-electron chi connectivity index (χ3n) is 2.91. The number of benzene rings is 1. The van der Waals surface area contributed by atoms with Gasteiger partial charge in [0.15, 0.2) is 0 Å². The average molecular weight is 268 g/mol. The molecule has 1 heterocycles. The quantitative estimate of drug-likeness (QED) is 0.590. The van der Waals surface area contributed by atoms with Gasteiger partial charge in [-0.2, -0.15) is 0 Å². The molecule has 3 nitrogen and oxygen atoms in total. The Bertz CT molecular complexity index is 526. The Hall–Kier alpha value is -2.13. The van der Waals surface area contributed by atoms with Gasteiger partial charge in [0.1, 0.15) is 12.4 Å².